The number of hydrogen-bond donors (Lipinski definition) is 0. The Kier molecular flexibility index (Phi) is 7.65. The molecule has 1 aromatic carbocycles. The van der Waals surface area contributed by atoms with Crippen LogP contribution in [0.1, 0.15) is 76.7 Å². The normalized spacial score (nSPS) is 11.2. The van der Waals surface area contributed by atoms with Crippen molar-refractivity contribution in [3.05, 3.63) is 27.8 Å². The molecule has 0 atom stereocenters. The fourth-order valence-corrected chi connectivity index (χ4v) is 3.06. The molecular weight excluding hydrogens is 306 g/mol. The molecule has 0 aliphatic carbocycles. The highest BCUT2D eigenvalue weighted by atomic mass is 16.6. The number of benzene rings is 1. The summed E-state index contributed by atoms with van der Waals surface area (Å²) in [6.45, 7) is 2.24. The van der Waals surface area contributed by atoms with Gasteiger partial charge in [-0.25, -0.2) is 4.63 Å². The van der Waals surface area contributed by atoms with Crippen molar-refractivity contribution in [3.63, 3.8) is 0 Å². The lowest BCUT2D eigenvalue weighted by molar-refractivity contribution is -0.383. The van der Waals surface area contributed by atoms with Crippen LogP contribution in [0.5, 0.6) is 0 Å². The summed E-state index contributed by atoms with van der Waals surface area (Å²) in [6, 6.07) is 3.27. The van der Waals surface area contributed by atoms with E-state index in [9.17, 15) is 10.1 Å². The van der Waals surface area contributed by atoms with Crippen LogP contribution in [0.4, 0.5) is 5.69 Å². The highest BCUT2D eigenvalue weighted by molar-refractivity contribution is 5.85. The van der Waals surface area contributed by atoms with Gasteiger partial charge in [-0.1, -0.05) is 64.7 Å². The Bertz CT molecular complexity index is 639. The molecule has 24 heavy (non-hydrogen) atoms. The van der Waals surface area contributed by atoms with E-state index in [0.717, 1.165) is 18.4 Å². The standard InChI is InChI=1S/C18H27N3O3/c1-2-3-4-5-6-7-8-9-10-11-12-15-13-14-16(21(22)23)18-17(15)19-24-20-18/h13-14H,2-12H2,1H3. The summed E-state index contributed by atoms with van der Waals surface area (Å²) in [5, 5.41) is 18.5. The molecule has 0 amide bonds. The summed E-state index contributed by atoms with van der Waals surface area (Å²) < 4.78 is 4.69. The van der Waals surface area contributed by atoms with Crippen molar-refractivity contribution < 1.29 is 9.55 Å². The molecule has 0 bridgehead atoms. The summed E-state index contributed by atoms with van der Waals surface area (Å²) >= 11 is 0. The van der Waals surface area contributed by atoms with E-state index in [0.29, 0.717) is 5.52 Å². The molecule has 0 N–H and O–H groups in total. The van der Waals surface area contributed by atoms with E-state index in [-0.39, 0.29) is 11.2 Å². The molecule has 0 fully saturated rings. The van der Waals surface area contributed by atoms with E-state index in [2.05, 4.69) is 17.2 Å². The number of nitro benzene ring substituents is 1. The molecule has 2 rings (SSSR count). The predicted octanol–water partition coefficient (Wildman–Crippen LogP) is 5.59. The second-order valence-corrected chi connectivity index (χ2v) is 6.39. The van der Waals surface area contributed by atoms with Gasteiger partial charge in [-0.05, 0) is 34.8 Å². The Morgan fingerprint density at radius 1 is 0.917 bits per heavy atom. The first-order chi connectivity index (χ1) is 11.7. The van der Waals surface area contributed by atoms with Crippen molar-refractivity contribution >= 4 is 16.7 Å². The van der Waals surface area contributed by atoms with Crippen LogP contribution < -0.4 is 0 Å². The topological polar surface area (TPSA) is 82.1 Å². The van der Waals surface area contributed by atoms with Crippen LogP contribution in [0.2, 0.25) is 0 Å². The predicted molar refractivity (Wildman–Crippen MR) is 94.0 cm³/mol. The minimum absolute atomic E-state index is 0.0435. The average Bonchev–Trinajstić information content (AvgIpc) is 3.06. The van der Waals surface area contributed by atoms with E-state index in [4.69, 9.17) is 4.63 Å². The minimum atomic E-state index is -0.448. The highest BCUT2D eigenvalue weighted by Gasteiger charge is 2.18. The molecule has 2 aromatic rings. The maximum atomic E-state index is 11.0. The number of aromatic nitrogens is 2. The average molecular weight is 333 g/mol. The fraction of sp³-hybridized carbons (Fsp3) is 0.667. The number of hydrogen-bond acceptors (Lipinski definition) is 5. The van der Waals surface area contributed by atoms with Crippen LogP contribution in [0.15, 0.2) is 16.8 Å². The molecule has 6 nitrogen and oxygen atoms in total. The summed E-state index contributed by atoms with van der Waals surface area (Å²) in [7, 11) is 0. The van der Waals surface area contributed by atoms with Gasteiger partial charge in [0.05, 0.1) is 4.92 Å². The Labute approximate surface area is 142 Å². The summed E-state index contributed by atoms with van der Waals surface area (Å²) in [5.41, 5.74) is 1.72. The van der Waals surface area contributed by atoms with Crippen LogP contribution >= 0.6 is 0 Å². The maximum Gasteiger partial charge on any atom is 0.300 e. The third-order valence-electron chi connectivity index (χ3n) is 4.47. The zero-order chi connectivity index (χ0) is 17.2. The Hall–Kier alpha value is -1.98. The van der Waals surface area contributed by atoms with Gasteiger partial charge in [0.2, 0.25) is 5.52 Å². The Morgan fingerprint density at radius 2 is 1.50 bits per heavy atom. The fourth-order valence-electron chi connectivity index (χ4n) is 3.06. The quantitative estimate of drug-likeness (QED) is 0.287. The van der Waals surface area contributed by atoms with Gasteiger partial charge in [0.1, 0.15) is 5.52 Å². The van der Waals surface area contributed by atoms with Crippen LogP contribution in [0.3, 0.4) is 0 Å². The number of nitro groups is 1. The zero-order valence-corrected chi connectivity index (χ0v) is 14.5. The van der Waals surface area contributed by atoms with Gasteiger partial charge >= 0.3 is 5.69 Å². The van der Waals surface area contributed by atoms with Crippen LogP contribution in [0, 0.1) is 10.1 Å². The summed E-state index contributed by atoms with van der Waals surface area (Å²) in [5.74, 6) is 0. The van der Waals surface area contributed by atoms with Gasteiger partial charge in [0, 0.05) is 6.07 Å². The van der Waals surface area contributed by atoms with Crippen molar-refractivity contribution in [2.45, 2.75) is 77.6 Å². The van der Waals surface area contributed by atoms with Crippen molar-refractivity contribution in [2.75, 3.05) is 0 Å². The van der Waals surface area contributed by atoms with E-state index < -0.39 is 4.92 Å². The summed E-state index contributed by atoms with van der Waals surface area (Å²) in [6.07, 6.45) is 13.7. The molecule has 0 saturated heterocycles. The second-order valence-electron chi connectivity index (χ2n) is 6.39. The van der Waals surface area contributed by atoms with Gasteiger partial charge in [-0.15, -0.1) is 0 Å². The molecule has 0 aliphatic rings. The lowest BCUT2D eigenvalue weighted by Gasteiger charge is -2.03. The van der Waals surface area contributed by atoms with E-state index in [1.807, 2.05) is 0 Å². The summed E-state index contributed by atoms with van der Waals surface area (Å²) in [4.78, 5) is 10.5. The van der Waals surface area contributed by atoms with Gasteiger partial charge in [0.15, 0.2) is 0 Å². The number of fused-ring (bicyclic) bond motifs is 1. The molecular formula is C18H27N3O3. The molecule has 1 aromatic heterocycles. The molecule has 132 valence electrons. The van der Waals surface area contributed by atoms with Crippen LogP contribution in [-0.2, 0) is 6.42 Å². The van der Waals surface area contributed by atoms with Crippen LogP contribution in [0.25, 0.3) is 11.0 Å². The first kappa shape index (κ1) is 18.4. The molecule has 0 unspecified atom stereocenters. The molecule has 0 aliphatic heterocycles. The van der Waals surface area contributed by atoms with Crippen molar-refractivity contribution in [1.29, 1.82) is 0 Å². The first-order valence-electron chi connectivity index (χ1n) is 9.12. The molecule has 0 radical (unpaired) electrons. The van der Waals surface area contributed by atoms with Gasteiger partial charge in [0.25, 0.3) is 0 Å². The maximum absolute atomic E-state index is 11.0. The number of rotatable bonds is 12. The van der Waals surface area contributed by atoms with Crippen LogP contribution in [-0.4, -0.2) is 15.2 Å². The largest absolute Gasteiger partial charge is 0.300 e. The van der Waals surface area contributed by atoms with E-state index in [1.165, 1.54) is 63.9 Å². The molecule has 1 heterocycles. The van der Waals surface area contributed by atoms with Gasteiger partial charge in [-0.3, -0.25) is 10.1 Å². The lowest BCUT2D eigenvalue weighted by atomic mass is 10.0. The molecule has 6 heteroatoms. The van der Waals surface area contributed by atoms with E-state index in [1.54, 1.807) is 6.07 Å². The van der Waals surface area contributed by atoms with Gasteiger partial charge < -0.3 is 0 Å². The number of aryl methyl sites for hydroxylation is 1. The molecule has 0 spiro atoms. The monoisotopic (exact) mass is 333 g/mol. The highest BCUT2D eigenvalue weighted by Crippen LogP contribution is 2.26. The van der Waals surface area contributed by atoms with Gasteiger partial charge in [-0.2, -0.15) is 0 Å². The Balaban J connectivity index is 1.68. The molecule has 0 saturated carbocycles. The number of unbranched alkanes of at least 4 members (excludes halogenated alkanes) is 9. The lowest BCUT2D eigenvalue weighted by Crippen LogP contribution is -1.93. The smallest absolute Gasteiger partial charge is 0.258 e. The zero-order valence-electron chi connectivity index (χ0n) is 14.5. The minimum Gasteiger partial charge on any atom is -0.258 e. The first-order valence-corrected chi connectivity index (χ1v) is 9.12. The number of non-ortho nitro benzene ring substituents is 1. The second kappa shape index (κ2) is 10.0. The van der Waals surface area contributed by atoms with Crippen molar-refractivity contribution in [1.82, 2.24) is 10.3 Å². The van der Waals surface area contributed by atoms with Crippen molar-refractivity contribution in [3.8, 4) is 0 Å². The third-order valence-corrected chi connectivity index (χ3v) is 4.47. The number of nitrogens with zero attached hydrogens (tertiary/aromatic N) is 3. The SMILES string of the molecule is CCCCCCCCCCCCc1ccc([N+](=O)[O-])c2nonc12. The van der Waals surface area contributed by atoms with Crippen molar-refractivity contribution in [2.24, 2.45) is 0 Å². The third kappa shape index (κ3) is 5.28. The Morgan fingerprint density at radius 3 is 2.12 bits per heavy atom. The van der Waals surface area contributed by atoms with E-state index >= 15 is 0 Å².